The molecule has 6 rings (SSSR count). The number of likely N-dealkylation sites (tertiary alicyclic amines) is 2. The molecule has 9 nitrogen and oxygen atoms in total. The molecule has 2 amide bonds. The Labute approximate surface area is 274 Å². The molecule has 0 N–H and O–H groups in total. The van der Waals surface area contributed by atoms with Gasteiger partial charge in [-0.05, 0) is 68.0 Å². The Kier molecular flexibility index (Phi) is 10.0. The molecule has 3 aliphatic rings. The van der Waals surface area contributed by atoms with E-state index < -0.39 is 5.82 Å². The van der Waals surface area contributed by atoms with Gasteiger partial charge in [-0.15, -0.1) is 10.2 Å². The maximum Gasteiger partial charge on any atom is 0.256 e. The molecule has 2 aromatic carbocycles. The summed E-state index contributed by atoms with van der Waals surface area (Å²) in [7, 11) is 1.77. The highest BCUT2D eigenvalue weighted by Gasteiger charge is 2.32. The molecule has 0 spiro atoms. The summed E-state index contributed by atoms with van der Waals surface area (Å²) >= 11 is 1.56. The molecule has 4 heterocycles. The van der Waals surface area contributed by atoms with Gasteiger partial charge in [-0.2, -0.15) is 0 Å². The predicted octanol–water partition coefficient (Wildman–Crippen LogP) is 6.34. The van der Waals surface area contributed by atoms with Crippen LogP contribution in [0.1, 0.15) is 79.7 Å². The van der Waals surface area contributed by atoms with Gasteiger partial charge in [-0.25, -0.2) is 4.39 Å². The Hall–Kier alpha value is -3.41. The van der Waals surface area contributed by atoms with Crippen molar-refractivity contribution in [2.24, 2.45) is 5.92 Å². The molecule has 1 unspecified atom stereocenters. The first-order valence-electron chi connectivity index (χ1n) is 16.5. The zero-order chi connectivity index (χ0) is 32.4. The van der Waals surface area contributed by atoms with Gasteiger partial charge in [0.1, 0.15) is 27.3 Å². The minimum Gasteiger partial charge on any atom is -0.457 e. The standard InChI is InChI=1S/C35H44FN5O4S/c1-22(2)33-37-38-34(46-33)24-5-7-28(8-6-24)45-31-19-29(30(36)18-25(31)21-41-20-23(3)17-32(41)42)35(43)39(4)26-9-13-40(14-10-26)27-11-15-44-16-12-27/h5-8,18-19,22-23,26-27H,9-17,20-21H2,1-4H3. The van der Waals surface area contributed by atoms with Crippen LogP contribution in [0.15, 0.2) is 36.4 Å². The van der Waals surface area contributed by atoms with Gasteiger partial charge < -0.3 is 24.2 Å². The molecule has 1 atom stereocenters. The number of hydrogen-bond donors (Lipinski definition) is 0. The lowest BCUT2D eigenvalue weighted by molar-refractivity contribution is -0.128. The third-order valence-electron chi connectivity index (χ3n) is 9.49. The van der Waals surface area contributed by atoms with E-state index in [9.17, 15) is 9.59 Å². The summed E-state index contributed by atoms with van der Waals surface area (Å²) in [6.45, 7) is 10.5. The van der Waals surface area contributed by atoms with Crippen LogP contribution in [0.25, 0.3) is 10.6 Å². The zero-order valence-corrected chi connectivity index (χ0v) is 28.0. The van der Waals surface area contributed by atoms with E-state index in [0.29, 0.717) is 42.0 Å². The smallest absolute Gasteiger partial charge is 0.256 e. The lowest BCUT2D eigenvalue weighted by Gasteiger charge is -2.41. The van der Waals surface area contributed by atoms with Gasteiger partial charge in [-0.1, -0.05) is 32.1 Å². The van der Waals surface area contributed by atoms with E-state index in [4.69, 9.17) is 9.47 Å². The number of carbonyl (C=O) groups excluding carboxylic acids is 2. The summed E-state index contributed by atoms with van der Waals surface area (Å²) < 4.78 is 27.6. The number of hydrogen-bond acceptors (Lipinski definition) is 8. The Morgan fingerprint density at radius 1 is 1.11 bits per heavy atom. The van der Waals surface area contributed by atoms with Crippen LogP contribution in [0, 0.1) is 11.7 Å². The van der Waals surface area contributed by atoms with Crippen molar-refractivity contribution in [1.29, 1.82) is 0 Å². The van der Waals surface area contributed by atoms with Crippen molar-refractivity contribution in [3.05, 3.63) is 58.3 Å². The van der Waals surface area contributed by atoms with E-state index in [1.165, 1.54) is 12.1 Å². The molecule has 3 aromatic rings. The van der Waals surface area contributed by atoms with Gasteiger partial charge in [-0.3, -0.25) is 9.59 Å². The number of nitrogens with zero attached hydrogens (tertiary/aromatic N) is 5. The summed E-state index contributed by atoms with van der Waals surface area (Å²) in [4.78, 5) is 32.4. The van der Waals surface area contributed by atoms with E-state index in [1.807, 2.05) is 31.2 Å². The Balaban J connectivity index is 1.21. The Bertz CT molecular complexity index is 1530. The van der Waals surface area contributed by atoms with Gasteiger partial charge >= 0.3 is 0 Å². The second-order valence-corrected chi connectivity index (χ2v) is 14.3. The number of halogens is 1. The van der Waals surface area contributed by atoms with Gasteiger partial charge in [0, 0.05) is 82.0 Å². The van der Waals surface area contributed by atoms with Crippen LogP contribution in [0.3, 0.4) is 0 Å². The quantitative estimate of drug-likeness (QED) is 0.267. The second-order valence-electron chi connectivity index (χ2n) is 13.3. The minimum absolute atomic E-state index is 0.0269. The predicted molar refractivity (Wildman–Crippen MR) is 176 cm³/mol. The van der Waals surface area contributed by atoms with Gasteiger partial charge in [0.25, 0.3) is 5.91 Å². The lowest BCUT2D eigenvalue weighted by Crippen LogP contribution is -2.49. The van der Waals surface area contributed by atoms with Crippen LogP contribution in [-0.4, -0.2) is 88.7 Å². The van der Waals surface area contributed by atoms with E-state index in [0.717, 1.165) is 67.6 Å². The minimum atomic E-state index is -0.605. The van der Waals surface area contributed by atoms with Crippen molar-refractivity contribution in [2.45, 2.75) is 77.4 Å². The van der Waals surface area contributed by atoms with Crippen LogP contribution in [0.2, 0.25) is 0 Å². The van der Waals surface area contributed by atoms with Gasteiger partial charge in [0.2, 0.25) is 5.91 Å². The van der Waals surface area contributed by atoms with Crippen molar-refractivity contribution in [3.63, 3.8) is 0 Å². The third-order valence-corrected chi connectivity index (χ3v) is 10.8. The zero-order valence-electron chi connectivity index (χ0n) is 27.2. The van der Waals surface area contributed by atoms with E-state index >= 15 is 4.39 Å². The highest BCUT2D eigenvalue weighted by Crippen LogP contribution is 2.34. The molecule has 246 valence electrons. The van der Waals surface area contributed by atoms with Crippen molar-refractivity contribution in [2.75, 3.05) is 39.9 Å². The maximum absolute atomic E-state index is 15.8. The van der Waals surface area contributed by atoms with E-state index in [2.05, 4.69) is 28.9 Å². The molecule has 3 saturated heterocycles. The largest absolute Gasteiger partial charge is 0.457 e. The maximum atomic E-state index is 15.8. The molecule has 11 heteroatoms. The third kappa shape index (κ3) is 7.26. The van der Waals surface area contributed by atoms with Crippen LogP contribution in [-0.2, 0) is 16.1 Å². The summed E-state index contributed by atoms with van der Waals surface area (Å²) in [5, 5.41) is 10.4. The summed E-state index contributed by atoms with van der Waals surface area (Å²) in [5.41, 5.74) is 1.42. The lowest BCUT2D eigenvalue weighted by atomic mass is 9.98. The van der Waals surface area contributed by atoms with Crippen LogP contribution in [0.5, 0.6) is 11.5 Å². The molecule has 0 saturated carbocycles. The summed E-state index contributed by atoms with van der Waals surface area (Å²) in [5.74, 6) is 0.510. The normalized spacial score (nSPS) is 20.1. The second kappa shape index (κ2) is 14.1. The van der Waals surface area contributed by atoms with E-state index in [-0.39, 0.29) is 35.9 Å². The monoisotopic (exact) mass is 649 g/mol. The SMILES string of the molecule is CC1CC(=O)N(Cc2cc(F)c(C(=O)N(C)C3CCN(C4CCOCC4)CC3)cc2Oc2ccc(-c3nnc(C(C)C)s3)cc2)C1. The fraction of sp³-hybridized carbons (Fsp3) is 0.543. The number of amides is 2. The van der Waals surface area contributed by atoms with E-state index in [1.54, 1.807) is 28.2 Å². The molecule has 0 radical (unpaired) electrons. The molecular formula is C35H44FN5O4S. The number of benzene rings is 2. The molecule has 0 bridgehead atoms. The van der Waals surface area contributed by atoms with Crippen molar-refractivity contribution < 1.29 is 23.5 Å². The fourth-order valence-electron chi connectivity index (χ4n) is 6.73. The summed E-state index contributed by atoms with van der Waals surface area (Å²) in [6.07, 6.45) is 4.26. The number of carbonyl (C=O) groups is 2. The van der Waals surface area contributed by atoms with Crippen molar-refractivity contribution >= 4 is 23.2 Å². The van der Waals surface area contributed by atoms with Gasteiger partial charge in [0.05, 0.1) is 5.56 Å². The topological polar surface area (TPSA) is 88.1 Å². The first-order valence-corrected chi connectivity index (χ1v) is 17.3. The molecule has 46 heavy (non-hydrogen) atoms. The number of rotatable bonds is 9. The van der Waals surface area contributed by atoms with Gasteiger partial charge in [0.15, 0.2) is 0 Å². The van der Waals surface area contributed by atoms with Crippen molar-refractivity contribution in [3.8, 4) is 22.1 Å². The molecule has 3 fully saturated rings. The van der Waals surface area contributed by atoms with Crippen molar-refractivity contribution in [1.82, 2.24) is 24.9 Å². The Morgan fingerprint density at radius 2 is 1.83 bits per heavy atom. The fourth-order valence-corrected chi connectivity index (χ4v) is 7.58. The summed E-state index contributed by atoms with van der Waals surface area (Å²) in [6, 6.07) is 10.9. The highest BCUT2D eigenvalue weighted by atomic mass is 32.1. The first kappa shape index (κ1) is 32.5. The highest BCUT2D eigenvalue weighted by molar-refractivity contribution is 7.14. The van der Waals surface area contributed by atoms with Crippen LogP contribution in [0.4, 0.5) is 4.39 Å². The molecule has 1 aromatic heterocycles. The molecule has 3 aliphatic heterocycles. The van der Waals surface area contributed by atoms with Crippen LogP contribution >= 0.6 is 11.3 Å². The Morgan fingerprint density at radius 3 is 2.46 bits per heavy atom. The molecular weight excluding hydrogens is 605 g/mol. The molecule has 0 aliphatic carbocycles. The first-order chi connectivity index (χ1) is 22.2. The number of piperidine rings is 1. The average molecular weight is 650 g/mol. The van der Waals surface area contributed by atoms with Crippen LogP contribution < -0.4 is 4.74 Å². The number of aromatic nitrogens is 2. The number of ether oxygens (including phenoxy) is 2. The average Bonchev–Trinajstić information content (AvgIpc) is 3.68.